The van der Waals surface area contributed by atoms with Gasteiger partial charge in [-0.2, -0.15) is 0 Å². The highest BCUT2D eigenvalue weighted by Gasteiger charge is 2.10. The van der Waals surface area contributed by atoms with E-state index in [4.69, 9.17) is 0 Å². The Balaban J connectivity index is 2.12. The van der Waals surface area contributed by atoms with E-state index in [0.29, 0.717) is 11.4 Å². The zero-order chi connectivity index (χ0) is 13.2. The van der Waals surface area contributed by atoms with Crippen molar-refractivity contribution in [2.24, 2.45) is 0 Å². The second-order valence-corrected chi connectivity index (χ2v) is 4.32. The van der Waals surface area contributed by atoms with Gasteiger partial charge in [0.1, 0.15) is 12.1 Å². The Labute approximate surface area is 110 Å². The van der Waals surface area contributed by atoms with Gasteiger partial charge in [0.05, 0.1) is 0 Å². The average Bonchev–Trinajstić information content (AvgIpc) is 2.92. The van der Waals surface area contributed by atoms with Crippen LogP contribution in [0.4, 0.5) is 4.39 Å². The minimum atomic E-state index is -0.213. The predicted molar refractivity (Wildman–Crippen MR) is 71.5 cm³/mol. The van der Waals surface area contributed by atoms with Gasteiger partial charge in [-0.25, -0.2) is 4.39 Å². The fraction of sp³-hybridized carbons (Fsp3) is 0.0667. The van der Waals surface area contributed by atoms with Gasteiger partial charge in [-0.3, -0.25) is 4.57 Å². The summed E-state index contributed by atoms with van der Waals surface area (Å²) in [5.74, 6) is 0.490. The largest absolute Gasteiger partial charge is 0.282 e. The van der Waals surface area contributed by atoms with E-state index >= 15 is 0 Å². The van der Waals surface area contributed by atoms with E-state index in [9.17, 15) is 4.39 Å². The van der Waals surface area contributed by atoms with E-state index < -0.39 is 0 Å². The van der Waals surface area contributed by atoms with Crippen molar-refractivity contribution in [2.75, 3.05) is 0 Å². The molecular formula is C15H12FN3. The third-order valence-corrected chi connectivity index (χ3v) is 3.00. The average molecular weight is 253 g/mol. The molecule has 0 aliphatic carbocycles. The zero-order valence-electron chi connectivity index (χ0n) is 10.4. The fourth-order valence-electron chi connectivity index (χ4n) is 1.99. The number of nitrogens with zero attached hydrogens (tertiary/aromatic N) is 3. The van der Waals surface area contributed by atoms with Crippen molar-refractivity contribution >= 4 is 0 Å². The summed E-state index contributed by atoms with van der Waals surface area (Å²) in [6.07, 6.45) is 1.66. The van der Waals surface area contributed by atoms with Crippen LogP contribution in [0, 0.1) is 12.7 Å². The lowest BCUT2D eigenvalue weighted by atomic mass is 10.1. The maximum atomic E-state index is 13.3. The maximum Gasteiger partial charge on any atom is 0.168 e. The van der Waals surface area contributed by atoms with E-state index in [2.05, 4.69) is 10.2 Å². The Hall–Kier alpha value is -2.49. The molecule has 0 aliphatic rings. The molecule has 0 unspecified atom stereocenters. The summed E-state index contributed by atoms with van der Waals surface area (Å²) in [7, 11) is 0. The lowest BCUT2D eigenvalue weighted by Gasteiger charge is -2.07. The minimum absolute atomic E-state index is 0.213. The van der Waals surface area contributed by atoms with Crippen LogP contribution in [-0.2, 0) is 0 Å². The van der Waals surface area contributed by atoms with E-state index in [1.807, 2.05) is 34.9 Å². The molecule has 1 aromatic heterocycles. The summed E-state index contributed by atoms with van der Waals surface area (Å²) >= 11 is 0. The monoisotopic (exact) mass is 253 g/mol. The van der Waals surface area contributed by atoms with Gasteiger partial charge in [0.15, 0.2) is 5.82 Å². The molecule has 0 saturated carbocycles. The van der Waals surface area contributed by atoms with Crippen LogP contribution < -0.4 is 0 Å². The third kappa shape index (κ3) is 2.12. The van der Waals surface area contributed by atoms with E-state index in [1.165, 1.54) is 6.07 Å². The molecule has 0 atom stereocenters. The molecule has 0 aliphatic heterocycles. The highest BCUT2D eigenvalue weighted by Crippen LogP contribution is 2.22. The van der Waals surface area contributed by atoms with Gasteiger partial charge in [-0.1, -0.05) is 18.2 Å². The first-order valence-corrected chi connectivity index (χ1v) is 5.97. The van der Waals surface area contributed by atoms with Crippen LogP contribution in [0.3, 0.4) is 0 Å². The van der Waals surface area contributed by atoms with Gasteiger partial charge >= 0.3 is 0 Å². The summed E-state index contributed by atoms with van der Waals surface area (Å²) in [6, 6.07) is 14.8. The van der Waals surface area contributed by atoms with E-state index in [0.717, 1.165) is 11.3 Å². The minimum Gasteiger partial charge on any atom is -0.282 e. The van der Waals surface area contributed by atoms with Crippen LogP contribution in [0.1, 0.15) is 5.56 Å². The lowest BCUT2D eigenvalue weighted by Crippen LogP contribution is -1.96. The number of hydrogen-bond donors (Lipinski definition) is 0. The first-order chi connectivity index (χ1) is 9.25. The molecule has 0 amide bonds. The molecule has 94 valence electrons. The van der Waals surface area contributed by atoms with Crippen LogP contribution >= 0.6 is 0 Å². The van der Waals surface area contributed by atoms with Crippen molar-refractivity contribution in [3.8, 4) is 17.1 Å². The van der Waals surface area contributed by atoms with Gasteiger partial charge < -0.3 is 0 Å². The van der Waals surface area contributed by atoms with Crippen LogP contribution in [0.15, 0.2) is 54.9 Å². The van der Waals surface area contributed by atoms with Crippen molar-refractivity contribution < 1.29 is 4.39 Å². The molecule has 3 nitrogen and oxygen atoms in total. The van der Waals surface area contributed by atoms with Gasteiger partial charge in [0, 0.05) is 11.3 Å². The lowest BCUT2D eigenvalue weighted by molar-refractivity contribution is 0.618. The second kappa shape index (κ2) is 4.65. The van der Waals surface area contributed by atoms with Crippen molar-refractivity contribution in [3.05, 3.63) is 66.2 Å². The predicted octanol–water partition coefficient (Wildman–Crippen LogP) is 3.38. The number of hydrogen-bond acceptors (Lipinski definition) is 2. The van der Waals surface area contributed by atoms with Crippen LogP contribution in [0.2, 0.25) is 0 Å². The Kier molecular flexibility index (Phi) is 2.83. The van der Waals surface area contributed by atoms with Gasteiger partial charge in [0.25, 0.3) is 0 Å². The molecule has 2 aromatic carbocycles. The summed E-state index contributed by atoms with van der Waals surface area (Å²) in [4.78, 5) is 0. The van der Waals surface area contributed by atoms with Gasteiger partial charge in [-0.15, -0.1) is 10.2 Å². The molecule has 3 aromatic rings. The number of rotatable bonds is 2. The highest BCUT2D eigenvalue weighted by atomic mass is 19.1. The second-order valence-electron chi connectivity index (χ2n) is 4.32. The maximum absolute atomic E-state index is 13.3. The van der Waals surface area contributed by atoms with Crippen LogP contribution in [0.25, 0.3) is 17.1 Å². The molecule has 0 spiro atoms. The molecule has 0 fully saturated rings. The number of aromatic nitrogens is 3. The SMILES string of the molecule is Cc1cc(-c2nncn2-c2ccccc2)ccc1F. The third-order valence-electron chi connectivity index (χ3n) is 3.00. The number of aryl methyl sites for hydroxylation is 1. The van der Waals surface area contributed by atoms with E-state index in [1.54, 1.807) is 25.4 Å². The van der Waals surface area contributed by atoms with Gasteiger partial charge in [0.2, 0.25) is 0 Å². The molecule has 4 heteroatoms. The summed E-state index contributed by atoms with van der Waals surface area (Å²) in [5, 5.41) is 8.07. The Morgan fingerprint density at radius 1 is 1.05 bits per heavy atom. The number of benzene rings is 2. The quantitative estimate of drug-likeness (QED) is 0.701. The smallest absolute Gasteiger partial charge is 0.168 e. The van der Waals surface area contributed by atoms with Crippen molar-refractivity contribution in [3.63, 3.8) is 0 Å². The molecule has 3 rings (SSSR count). The first-order valence-electron chi connectivity index (χ1n) is 5.97. The topological polar surface area (TPSA) is 30.7 Å². The molecular weight excluding hydrogens is 241 g/mol. The van der Waals surface area contributed by atoms with E-state index in [-0.39, 0.29) is 5.82 Å². The van der Waals surface area contributed by atoms with Crippen molar-refractivity contribution in [1.29, 1.82) is 0 Å². The van der Waals surface area contributed by atoms with Crippen LogP contribution in [-0.4, -0.2) is 14.8 Å². The number of halogens is 1. The fourth-order valence-corrected chi connectivity index (χ4v) is 1.99. The molecule has 0 saturated heterocycles. The zero-order valence-corrected chi connectivity index (χ0v) is 10.4. The normalized spacial score (nSPS) is 10.6. The van der Waals surface area contributed by atoms with Gasteiger partial charge in [-0.05, 0) is 42.8 Å². The summed E-state index contributed by atoms with van der Waals surface area (Å²) in [6.45, 7) is 1.74. The Morgan fingerprint density at radius 3 is 2.58 bits per heavy atom. The summed E-state index contributed by atoms with van der Waals surface area (Å²) in [5.41, 5.74) is 2.42. The van der Waals surface area contributed by atoms with Crippen molar-refractivity contribution in [1.82, 2.24) is 14.8 Å². The molecule has 0 N–H and O–H groups in total. The molecule has 1 heterocycles. The molecule has 0 bridgehead atoms. The molecule has 19 heavy (non-hydrogen) atoms. The highest BCUT2D eigenvalue weighted by molar-refractivity contribution is 5.59. The standard InChI is InChI=1S/C15H12FN3/c1-11-9-12(7-8-14(11)16)15-18-17-10-19(15)13-5-3-2-4-6-13/h2-10H,1H3. The Morgan fingerprint density at radius 2 is 1.84 bits per heavy atom. The summed E-state index contributed by atoms with van der Waals surface area (Å²) < 4.78 is 15.2. The first kappa shape index (κ1) is 11.6. The van der Waals surface area contributed by atoms with Crippen LogP contribution in [0.5, 0.6) is 0 Å². The molecule has 0 radical (unpaired) electrons. The number of para-hydroxylation sites is 1. The van der Waals surface area contributed by atoms with Crippen molar-refractivity contribution in [2.45, 2.75) is 6.92 Å². The Bertz CT molecular complexity index is 704.